The zero-order valence-corrected chi connectivity index (χ0v) is 4.80. The molecule has 44 valence electrons. The molecule has 2 N–H and O–H groups in total. The predicted octanol–water partition coefficient (Wildman–Crippen LogP) is -0.188. The van der Waals surface area contributed by atoms with Crippen molar-refractivity contribution in [1.82, 2.24) is 0 Å². The summed E-state index contributed by atoms with van der Waals surface area (Å²) < 4.78 is 0. The van der Waals surface area contributed by atoms with E-state index < -0.39 is 0 Å². The van der Waals surface area contributed by atoms with Crippen molar-refractivity contribution in [2.45, 2.75) is 6.42 Å². The van der Waals surface area contributed by atoms with Gasteiger partial charge in [0.25, 0.3) is 0 Å². The fourth-order valence-corrected chi connectivity index (χ4v) is 0.442. The van der Waals surface area contributed by atoms with Crippen molar-refractivity contribution in [1.29, 1.82) is 0 Å². The number of hydrogen-bond acceptors (Lipinski definition) is 2. The molecule has 0 amide bonds. The highest BCUT2D eigenvalue weighted by Crippen LogP contribution is 1.77. The molecule has 0 aliphatic heterocycles. The first-order valence-electron chi connectivity index (χ1n) is 2.86. The zero-order chi connectivity index (χ0) is 5.82. The molecule has 0 saturated heterocycles. The number of rotatable bonds is 3. The van der Waals surface area contributed by atoms with E-state index in [1.54, 1.807) is 0 Å². The number of nitrogens with two attached hydrogens (primary N) is 1. The summed E-state index contributed by atoms with van der Waals surface area (Å²) in [4.78, 5) is 4.15. The van der Waals surface area contributed by atoms with E-state index in [1.807, 2.05) is 12.1 Å². The molecule has 0 saturated carbocycles. The van der Waals surface area contributed by atoms with Crippen LogP contribution in [0.1, 0.15) is 6.42 Å². The first kappa shape index (κ1) is 5.51. The molecular weight excluding hydrogens is 100 g/mol. The molecule has 0 aromatic heterocycles. The first-order valence-corrected chi connectivity index (χ1v) is 2.86. The van der Waals surface area contributed by atoms with Crippen molar-refractivity contribution < 1.29 is 0 Å². The SMILES string of the molecule is NCCCN=c1cc1. The molecule has 0 fully saturated rings. The van der Waals surface area contributed by atoms with E-state index in [2.05, 4.69) is 4.99 Å². The highest BCUT2D eigenvalue weighted by Gasteiger charge is 1.83. The summed E-state index contributed by atoms with van der Waals surface area (Å²) in [7, 11) is 0. The van der Waals surface area contributed by atoms with Crippen molar-refractivity contribution in [2.24, 2.45) is 10.7 Å². The summed E-state index contributed by atoms with van der Waals surface area (Å²) in [6.45, 7) is 1.63. The second kappa shape index (κ2) is 2.62. The Balaban J connectivity index is 2.08. The van der Waals surface area contributed by atoms with E-state index in [1.165, 1.54) is 0 Å². The summed E-state index contributed by atoms with van der Waals surface area (Å²) in [6.07, 6.45) is 1.01. The van der Waals surface area contributed by atoms with Crippen LogP contribution in [-0.2, 0) is 0 Å². The highest BCUT2D eigenvalue weighted by atomic mass is 14.7. The van der Waals surface area contributed by atoms with Crippen LogP contribution in [0.5, 0.6) is 0 Å². The van der Waals surface area contributed by atoms with Gasteiger partial charge in [-0.2, -0.15) is 0 Å². The van der Waals surface area contributed by atoms with Crippen LogP contribution in [0.15, 0.2) is 17.1 Å². The number of hydrogen-bond donors (Lipinski definition) is 1. The van der Waals surface area contributed by atoms with Gasteiger partial charge in [0.1, 0.15) is 0 Å². The van der Waals surface area contributed by atoms with Gasteiger partial charge in [-0.1, -0.05) is 0 Å². The maximum atomic E-state index is 5.25. The van der Waals surface area contributed by atoms with Gasteiger partial charge in [0, 0.05) is 6.54 Å². The van der Waals surface area contributed by atoms with Gasteiger partial charge in [-0.3, -0.25) is 4.99 Å². The lowest BCUT2D eigenvalue weighted by Gasteiger charge is -1.84. The van der Waals surface area contributed by atoms with E-state index in [4.69, 9.17) is 5.73 Å². The Morgan fingerprint density at radius 1 is 1.50 bits per heavy atom. The quantitative estimate of drug-likeness (QED) is 0.538. The molecular formula is C6H10N2. The van der Waals surface area contributed by atoms with Crippen molar-refractivity contribution in [3.8, 4) is 0 Å². The molecule has 1 aromatic rings. The predicted molar refractivity (Wildman–Crippen MR) is 32.9 cm³/mol. The molecule has 0 radical (unpaired) electrons. The Morgan fingerprint density at radius 2 is 2.25 bits per heavy atom. The standard InChI is InChI=1S/C6H10N2/c7-4-1-5-8-6-2-3-6/h2-3H,1,4-5,7H2. The molecule has 2 heteroatoms. The van der Waals surface area contributed by atoms with Gasteiger partial charge in [0.15, 0.2) is 0 Å². The molecule has 0 unspecified atom stereocenters. The van der Waals surface area contributed by atoms with Crippen LogP contribution >= 0.6 is 0 Å². The van der Waals surface area contributed by atoms with E-state index in [9.17, 15) is 0 Å². The van der Waals surface area contributed by atoms with E-state index in [0.29, 0.717) is 0 Å². The third-order valence-corrected chi connectivity index (χ3v) is 0.972. The van der Waals surface area contributed by atoms with Gasteiger partial charge in [0.2, 0.25) is 0 Å². The first-order chi connectivity index (χ1) is 3.93. The Hall–Kier alpha value is -0.630. The van der Waals surface area contributed by atoms with Crippen LogP contribution in [0, 0.1) is 0 Å². The fourth-order valence-electron chi connectivity index (χ4n) is 0.442. The van der Waals surface area contributed by atoms with E-state index in [0.717, 1.165) is 24.9 Å². The largest absolute Gasteiger partial charge is 0.330 e. The highest BCUT2D eigenvalue weighted by molar-refractivity contribution is 5.00. The minimum absolute atomic E-state index is 0.747. The van der Waals surface area contributed by atoms with Crippen LogP contribution in [0.3, 0.4) is 0 Å². The lowest BCUT2D eigenvalue weighted by atomic mass is 10.4. The molecule has 8 heavy (non-hydrogen) atoms. The molecule has 0 aliphatic carbocycles. The van der Waals surface area contributed by atoms with Crippen LogP contribution in [-0.4, -0.2) is 13.1 Å². The van der Waals surface area contributed by atoms with Crippen LogP contribution in [0.2, 0.25) is 0 Å². The second-order valence-electron chi connectivity index (χ2n) is 1.78. The van der Waals surface area contributed by atoms with Gasteiger partial charge in [-0.15, -0.1) is 0 Å². The molecule has 0 heterocycles. The topological polar surface area (TPSA) is 38.4 Å². The molecule has 2 nitrogen and oxygen atoms in total. The van der Waals surface area contributed by atoms with Crippen molar-refractivity contribution in [3.05, 3.63) is 17.5 Å². The molecule has 1 aromatic carbocycles. The van der Waals surface area contributed by atoms with Crippen LogP contribution in [0.4, 0.5) is 0 Å². The monoisotopic (exact) mass is 110 g/mol. The van der Waals surface area contributed by atoms with Crippen molar-refractivity contribution in [2.75, 3.05) is 13.1 Å². The zero-order valence-electron chi connectivity index (χ0n) is 4.80. The lowest BCUT2D eigenvalue weighted by molar-refractivity contribution is 0.832. The smallest absolute Gasteiger partial charge is 0.0575 e. The molecule has 1 rings (SSSR count). The minimum atomic E-state index is 0.747. The Bertz CT molecular complexity index is 149. The van der Waals surface area contributed by atoms with Crippen molar-refractivity contribution >= 4 is 0 Å². The van der Waals surface area contributed by atoms with Gasteiger partial charge >= 0.3 is 0 Å². The summed E-state index contributed by atoms with van der Waals surface area (Å²) in [6, 6.07) is 3.99. The summed E-state index contributed by atoms with van der Waals surface area (Å²) in [5.41, 5.74) is 5.25. The average Bonchev–Trinajstić information content (AvgIpc) is 2.51. The Morgan fingerprint density at radius 3 is 2.75 bits per heavy atom. The average molecular weight is 110 g/mol. The maximum Gasteiger partial charge on any atom is 0.0575 e. The third-order valence-electron chi connectivity index (χ3n) is 0.972. The summed E-state index contributed by atoms with van der Waals surface area (Å²) >= 11 is 0. The summed E-state index contributed by atoms with van der Waals surface area (Å²) in [5, 5.41) is 1.14. The summed E-state index contributed by atoms with van der Waals surface area (Å²) in [5.74, 6) is 0. The van der Waals surface area contributed by atoms with Gasteiger partial charge in [-0.25, -0.2) is 0 Å². The lowest BCUT2D eigenvalue weighted by Crippen LogP contribution is -2.00. The normalized spacial score (nSPS) is 10.1. The van der Waals surface area contributed by atoms with Crippen molar-refractivity contribution in [3.63, 3.8) is 0 Å². The third kappa shape index (κ3) is 1.89. The molecule has 0 spiro atoms. The Kier molecular flexibility index (Phi) is 1.80. The maximum absolute atomic E-state index is 5.25. The van der Waals surface area contributed by atoms with E-state index >= 15 is 0 Å². The number of nitrogens with zero attached hydrogens (tertiary/aromatic N) is 1. The fraction of sp³-hybridized carbons (Fsp3) is 0.500. The minimum Gasteiger partial charge on any atom is -0.330 e. The van der Waals surface area contributed by atoms with E-state index in [-0.39, 0.29) is 0 Å². The van der Waals surface area contributed by atoms with Gasteiger partial charge < -0.3 is 5.73 Å². The molecule has 0 aliphatic rings. The van der Waals surface area contributed by atoms with Crippen LogP contribution in [0.25, 0.3) is 0 Å². The molecule has 0 atom stereocenters. The van der Waals surface area contributed by atoms with Gasteiger partial charge in [0.05, 0.1) is 5.36 Å². The second-order valence-corrected chi connectivity index (χ2v) is 1.78. The van der Waals surface area contributed by atoms with Gasteiger partial charge in [-0.05, 0) is 25.1 Å². The van der Waals surface area contributed by atoms with Crippen LogP contribution < -0.4 is 11.1 Å². The Labute approximate surface area is 48.7 Å². The molecule has 0 bridgehead atoms.